The summed E-state index contributed by atoms with van der Waals surface area (Å²) >= 11 is 3.19. The number of nitrogens with two attached hydrogens (primary N) is 1. The van der Waals surface area contributed by atoms with Gasteiger partial charge in [-0.2, -0.15) is 0 Å². The summed E-state index contributed by atoms with van der Waals surface area (Å²) in [6, 6.07) is 7.09. The number of pyridine rings is 1. The largest absolute Gasteiger partial charge is 0.384 e. The van der Waals surface area contributed by atoms with E-state index in [0.29, 0.717) is 16.0 Å². The summed E-state index contributed by atoms with van der Waals surface area (Å²) in [6.07, 6.45) is 1.40. The fraction of sp³-hybridized carbons (Fsp3) is 0. The van der Waals surface area contributed by atoms with Crippen LogP contribution in [0.15, 0.2) is 41.0 Å². The van der Waals surface area contributed by atoms with Gasteiger partial charge in [0.05, 0.1) is 22.4 Å². The number of anilines is 2. The van der Waals surface area contributed by atoms with E-state index in [9.17, 15) is 14.9 Å². The number of non-ortho nitro benzene ring substituents is 1. The number of benzene rings is 1. The molecular weight excluding hydrogens is 328 g/mol. The Kier molecular flexibility index (Phi) is 3.94. The van der Waals surface area contributed by atoms with Crippen LogP contribution in [-0.2, 0) is 0 Å². The summed E-state index contributed by atoms with van der Waals surface area (Å²) in [5.41, 5.74) is 5.89. The lowest BCUT2D eigenvalue weighted by Crippen LogP contribution is -2.13. The molecule has 2 aromatic rings. The van der Waals surface area contributed by atoms with Crippen molar-refractivity contribution in [2.45, 2.75) is 0 Å². The molecule has 0 aliphatic carbocycles. The number of nitrogen functional groups attached to an aromatic ring is 1. The molecule has 102 valence electrons. The number of hydrogen-bond donors (Lipinski definition) is 2. The van der Waals surface area contributed by atoms with Gasteiger partial charge in [0.25, 0.3) is 11.6 Å². The highest BCUT2D eigenvalue weighted by Crippen LogP contribution is 2.23. The third-order valence-corrected chi connectivity index (χ3v) is 3.14. The Morgan fingerprint density at radius 1 is 1.35 bits per heavy atom. The first kappa shape index (κ1) is 13.9. The number of carbonyl (C=O) groups is 1. The first-order valence-electron chi connectivity index (χ1n) is 5.44. The monoisotopic (exact) mass is 336 g/mol. The standard InChI is InChI=1S/C12H9BrN4O3/c13-10-3-2-8(17(19)20)5-9(10)12(18)16-7-1-4-11(14)15-6-7/h1-6H,(H2,14,15)(H,16,18). The number of nitrogens with one attached hydrogen (secondary N) is 1. The van der Waals surface area contributed by atoms with Crippen molar-refractivity contribution < 1.29 is 9.72 Å². The van der Waals surface area contributed by atoms with Crippen molar-refractivity contribution in [3.05, 3.63) is 56.7 Å². The molecule has 1 heterocycles. The predicted molar refractivity (Wildman–Crippen MR) is 77.4 cm³/mol. The zero-order valence-corrected chi connectivity index (χ0v) is 11.6. The van der Waals surface area contributed by atoms with Gasteiger partial charge in [0, 0.05) is 16.6 Å². The van der Waals surface area contributed by atoms with E-state index in [4.69, 9.17) is 5.73 Å². The molecular formula is C12H9BrN4O3. The van der Waals surface area contributed by atoms with Crippen molar-refractivity contribution in [1.29, 1.82) is 0 Å². The van der Waals surface area contributed by atoms with Crippen LogP contribution < -0.4 is 11.1 Å². The third-order valence-electron chi connectivity index (χ3n) is 2.45. The maximum absolute atomic E-state index is 12.1. The van der Waals surface area contributed by atoms with Crippen molar-refractivity contribution in [1.82, 2.24) is 4.98 Å². The van der Waals surface area contributed by atoms with Crippen molar-refractivity contribution in [3.8, 4) is 0 Å². The number of rotatable bonds is 3. The predicted octanol–water partition coefficient (Wildman–Crippen LogP) is 2.59. The zero-order chi connectivity index (χ0) is 14.7. The molecule has 7 nitrogen and oxygen atoms in total. The van der Waals surface area contributed by atoms with Gasteiger partial charge in [-0.15, -0.1) is 0 Å². The fourth-order valence-electron chi connectivity index (χ4n) is 1.48. The minimum absolute atomic E-state index is 0.159. The van der Waals surface area contributed by atoms with Crippen molar-refractivity contribution >= 4 is 39.0 Å². The van der Waals surface area contributed by atoms with Gasteiger partial charge < -0.3 is 11.1 Å². The smallest absolute Gasteiger partial charge is 0.270 e. The maximum atomic E-state index is 12.1. The van der Waals surface area contributed by atoms with Gasteiger partial charge in [0.2, 0.25) is 0 Å². The summed E-state index contributed by atoms with van der Waals surface area (Å²) in [5, 5.41) is 13.3. The Labute approximate surface area is 122 Å². The van der Waals surface area contributed by atoms with E-state index in [1.54, 1.807) is 6.07 Å². The molecule has 3 N–H and O–H groups in total. The molecule has 1 aromatic heterocycles. The Balaban J connectivity index is 2.26. The molecule has 0 saturated heterocycles. The second kappa shape index (κ2) is 5.66. The second-order valence-corrected chi connectivity index (χ2v) is 4.70. The number of nitrogens with zero attached hydrogens (tertiary/aromatic N) is 2. The van der Waals surface area contributed by atoms with E-state index >= 15 is 0 Å². The van der Waals surface area contributed by atoms with Gasteiger partial charge in [-0.3, -0.25) is 14.9 Å². The van der Waals surface area contributed by atoms with Crippen LogP contribution in [0.4, 0.5) is 17.2 Å². The lowest BCUT2D eigenvalue weighted by atomic mass is 10.2. The van der Waals surface area contributed by atoms with Crippen LogP contribution in [0.5, 0.6) is 0 Å². The SMILES string of the molecule is Nc1ccc(NC(=O)c2cc([N+](=O)[O-])ccc2Br)cn1. The van der Waals surface area contributed by atoms with Gasteiger partial charge in [-0.1, -0.05) is 0 Å². The quantitative estimate of drug-likeness (QED) is 0.660. The minimum Gasteiger partial charge on any atom is -0.384 e. The van der Waals surface area contributed by atoms with Gasteiger partial charge in [0.1, 0.15) is 5.82 Å². The normalized spacial score (nSPS) is 10.1. The molecule has 0 saturated carbocycles. The number of aromatic nitrogens is 1. The molecule has 1 amide bonds. The van der Waals surface area contributed by atoms with Gasteiger partial charge in [0.15, 0.2) is 0 Å². The van der Waals surface area contributed by atoms with Crippen molar-refractivity contribution in [2.75, 3.05) is 11.1 Å². The number of nitro groups is 1. The molecule has 0 radical (unpaired) electrons. The number of carbonyl (C=O) groups excluding carboxylic acids is 1. The lowest BCUT2D eigenvalue weighted by Gasteiger charge is -2.06. The highest BCUT2D eigenvalue weighted by Gasteiger charge is 2.15. The van der Waals surface area contributed by atoms with Gasteiger partial charge in [-0.25, -0.2) is 4.98 Å². The molecule has 0 aliphatic heterocycles. The van der Waals surface area contributed by atoms with Crippen LogP contribution in [0, 0.1) is 10.1 Å². The van der Waals surface area contributed by atoms with Crippen molar-refractivity contribution in [2.24, 2.45) is 0 Å². The summed E-state index contributed by atoms with van der Waals surface area (Å²) in [5.74, 6) is -0.147. The molecule has 0 fully saturated rings. The highest BCUT2D eigenvalue weighted by atomic mass is 79.9. The van der Waals surface area contributed by atoms with E-state index in [-0.39, 0.29) is 11.3 Å². The number of nitro benzene ring substituents is 1. The Morgan fingerprint density at radius 2 is 2.10 bits per heavy atom. The van der Waals surface area contributed by atoms with E-state index < -0.39 is 10.8 Å². The Morgan fingerprint density at radius 3 is 2.70 bits per heavy atom. The fourth-order valence-corrected chi connectivity index (χ4v) is 1.91. The van der Waals surface area contributed by atoms with Gasteiger partial charge in [-0.05, 0) is 34.1 Å². The van der Waals surface area contributed by atoms with Crippen LogP contribution in [0.1, 0.15) is 10.4 Å². The Hall–Kier alpha value is -2.48. The topological polar surface area (TPSA) is 111 Å². The summed E-state index contributed by atoms with van der Waals surface area (Å²) in [4.78, 5) is 26.1. The molecule has 8 heteroatoms. The maximum Gasteiger partial charge on any atom is 0.270 e. The van der Waals surface area contributed by atoms with Crippen molar-refractivity contribution in [3.63, 3.8) is 0 Å². The third kappa shape index (κ3) is 3.09. The summed E-state index contributed by atoms with van der Waals surface area (Å²) < 4.78 is 0.462. The zero-order valence-electron chi connectivity index (χ0n) is 10.0. The molecule has 0 atom stereocenters. The van der Waals surface area contributed by atoms with E-state index in [1.165, 1.54) is 30.5 Å². The van der Waals surface area contributed by atoms with Crippen LogP contribution >= 0.6 is 15.9 Å². The molecule has 0 unspecified atom stereocenters. The van der Waals surface area contributed by atoms with Crippen LogP contribution in [0.25, 0.3) is 0 Å². The molecule has 0 spiro atoms. The average molecular weight is 337 g/mol. The molecule has 0 bridgehead atoms. The van der Waals surface area contributed by atoms with Crippen LogP contribution in [0.3, 0.4) is 0 Å². The second-order valence-electron chi connectivity index (χ2n) is 3.85. The molecule has 1 aromatic carbocycles. The number of amides is 1. The van der Waals surface area contributed by atoms with E-state index in [1.807, 2.05) is 0 Å². The highest BCUT2D eigenvalue weighted by molar-refractivity contribution is 9.10. The first-order valence-corrected chi connectivity index (χ1v) is 6.23. The lowest BCUT2D eigenvalue weighted by molar-refractivity contribution is -0.384. The molecule has 0 aliphatic rings. The van der Waals surface area contributed by atoms with Gasteiger partial charge >= 0.3 is 0 Å². The summed E-state index contributed by atoms with van der Waals surface area (Å²) in [7, 11) is 0. The van der Waals surface area contributed by atoms with Crippen LogP contribution in [0.2, 0.25) is 0 Å². The van der Waals surface area contributed by atoms with Crippen LogP contribution in [-0.4, -0.2) is 15.8 Å². The number of halogens is 1. The molecule has 2 rings (SSSR count). The summed E-state index contributed by atoms with van der Waals surface area (Å²) in [6.45, 7) is 0. The number of hydrogen-bond acceptors (Lipinski definition) is 5. The Bertz CT molecular complexity index is 673. The van der Waals surface area contributed by atoms with E-state index in [2.05, 4.69) is 26.2 Å². The van der Waals surface area contributed by atoms with E-state index in [0.717, 1.165) is 0 Å². The molecule has 20 heavy (non-hydrogen) atoms. The minimum atomic E-state index is -0.562. The average Bonchev–Trinajstić information content (AvgIpc) is 2.41. The first-order chi connectivity index (χ1) is 9.47.